The van der Waals surface area contributed by atoms with Gasteiger partial charge in [-0.15, -0.1) is 13.2 Å². The lowest BCUT2D eigenvalue weighted by atomic mass is 10.1. The number of imidazole rings is 1. The third-order valence-electron chi connectivity index (χ3n) is 2.78. The van der Waals surface area contributed by atoms with Gasteiger partial charge in [0.1, 0.15) is 11.4 Å². The van der Waals surface area contributed by atoms with Gasteiger partial charge in [0.15, 0.2) is 0 Å². The quantitative estimate of drug-likeness (QED) is 0.667. The van der Waals surface area contributed by atoms with Crippen LogP contribution in [0.25, 0.3) is 16.9 Å². The SMILES string of the molecule is FC(F)(F)Oc1cccc(-c2cn3cc(Br)ccc3n2)c1. The number of rotatable bonds is 2. The van der Waals surface area contributed by atoms with E-state index in [1.165, 1.54) is 18.2 Å². The summed E-state index contributed by atoms with van der Waals surface area (Å²) in [6, 6.07) is 9.39. The van der Waals surface area contributed by atoms with Crippen molar-refractivity contribution in [1.82, 2.24) is 9.38 Å². The molecule has 0 saturated carbocycles. The van der Waals surface area contributed by atoms with Crippen molar-refractivity contribution in [1.29, 1.82) is 0 Å². The van der Waals surface area contributed by atoms with Crippen molar-refractivity contribution in [2.45, 2.75) is 6.36 Å². The Morgan fingerprint density at radius 1 is 1.10 bits per heavy atom. The molecule has 0 N–H and O–H groups in total. The number of hydrogen-bond acceptors (Lipinski definition) is 2. The zero-order valence-corrected chi connectivity index (χ0v) is 12.0. The predicted molar refractivity (Wildman–Crippen MR) is 75.0 cm³/mol. The van der Waals surface area contributed by atoms with Crippen LogP contribution in [0.1, 0.15) is 0 Å². The molecule has 108 valence electrons. The van der Waals surface area contributed by atoms with Gasteiger partial charge in [-0.05, 0) is 40.2 Å². The number of aromatic nitrogens is 2. The number of pyridine rings is 1. The van der Waals surface area contributed by atoms with E-state index in [4.69, 9.17) is 0 Å². The summed E-state index contributed by atoms with van der Waals surface area (Å²) in [6.45, 7) is 0. The van der Waals surface area contributed by atoms with E-state index in [0.29, 0.717) is 16.9 Å². The highest BCUT2D eigenvalue weighted by molar-refractivity contribution is 9.10. The molecule has 0 aliphatic rings. The Balaban J connectivity index is 2.00. The monoisotopic (exact) mass is 356 g/mol. The summed E-state index contributed by atoms with van der Waals surface area (Å²) >= 11 is 3.35. The molecule has 0 saturated heterocycles. The highest BCUT2D eigenvalue weighted by Gasteiger charge is 2.31. The van der Waals surface area contributed by atoms with Crippen LogP contribution in [0.2, 0.25) is 0 Å². The Morgan fingerprint density at radius 2 is 1.90 bits per heavy atom. The molecule has 2 aromatic heterocycles. The lowest BCUT2D eigenvalue weighted by molar-refractivity contribution is -0.274. The fraction of sp³-hybridized carbons (Fsp3) is 0.0714. The van der Waals surface area contributed by atoms with Crippen molar-refractivity contribution >= 4 is 21.6 Å². The molecule has 21 heavy (non-hydrogen) atoms. The molecule has 2 heterocycles. The summed E-state index contributed by atoms with van der Waals surface area (Å²) in [5.74, 6) is -0.266. The third-order valence-corrected chi connectivity index (χ3v) is 3.25. The van der Waals surface area contributed by atoms with Crippen LogP contribution in [0, 0.1) is 0 Å². The van der Waals surface area contributed by atoms with Gasteiger partial charge in [-0.1, -0.05) is 12.1 Å². The molecule has 1 aromatic carbocycles. The minimum Gasteiger partial charge on any atom is -0.406 e. The van der Waals surface area contributed by atoms with Gasteiger partial charge in [-0.25, -0.2) is 4.98 Å². The molecule has 0 bridgehead atoms. The standard InChI is InChI=1S/C14H8BrF3N2O/c15-10-4-5-13-19-12(8-20(13)7-10)9-2-1-3-11(6-9)21-14(16,17)18/h1-8H. The van der Waals surface area contributed by atoms with Gasteiger partial charge in [-0.2, -0.15) is 0 Å². The number of fused-ring (bicyclic) bond motifs is 1. The summed E-state index contributed by atoms with van der Waals surface area (Å²) in [5, 5.41) is 0. The normalized spacial score (nSPS) is 11.8. The van der Waals surface area contributed by atoms with Crippen LogP contribution in [0.15, 0.2) is 53.3 Å². The van der Waals surface area contributed by atoms with Crippen molar-refractivity contribution in [3.63, 3.8) is 0 Å². The molecule has 3 rings (SSSR count). The van der Waals surface area contributed by atoms with Crippen molar-refractivity contribution in [3.05, 3.63) is 53.3 Å². The minimum absolute atomic E-state index is 0.266. The van der Waals surface area contributed by atoms with Gasteiger partial charge in [0.05, 0.1) is 5.69 Å². The summed E-state index contributed by atoms with van der Waals surface area (Å²) in [6.07, 6.45) is -1.14. The zero-order chi connectivity index (χ0) is 15.0. The second kappa shape index (κ2) is 5.07. The lowest BCUT2D eigenvalue weighted by Crippen LogP contribution is -2.17. The van der Waals surface area contributed by atoms with E-state index in [9.17, 15) is 13.2 Å². The van der Waals surface area contributed by atoms with Gasteiger partial charge in [-0.3, -0.25) is 0 Å². The topological polar surface area (TPSA) is 26.5 Å². The first-order valence-electron chi connectivity index (χ1n) is 5.91. The molecule has 7 heteroatoms. The van der Waals surface area contributed by atoms with Crippen molar-refractivity contribution in [3.8, 4) is 17.0 Å². The molecule has 0 aliphatic heterocycles. The molecule has 0 fully saturated rings. The Kier molecular flexibility index (Phi) is 3.36. The molecular weight excluding hydrogens is 349 g/mol. The highest BCUT2D eigenvalue weighted by atomic mass is 79.9. The molecular formula is C14H8BrF3N2O. The molecule has 3 nitrogen and oxygen atoms in total. The highest BCUT2D eigenvalue weighted by Crippen LogP contribution is 2.28. The van der Waals surface area contributed by atoms with E-state index in [1.54, 1.807) is 16.7 Å². The molecule has 0 aliphatic carbocycles. The number of benzene rings is 1. The number of ether oxygens (including phenoxy) is 1. The molecule has 0 radical (unpaired) electrons. The molecule has 0 unspecified atom stereocenters. The van der Waals surface area contributed by atoms with Crippen LogP contribution in [-0.4, -0.2) is 15.7 Å². The van der Waals surface area contributed by atoms with Crippen LogP contribution in [0.4, 0.5) is 13.2 Å². The Hall–Kier alpha value is -2.02. The van der Waals surface area contributed by atoms with Gasteiger partial charge < -0.3 is 9.14 Å². The van der Waals surface area contributed by atoms with E-state index in [-0.39, 0.29) is 5.75 Å². The van der Waals surface area contributed by atoms with E-state index in [0.717, 1.165) is 4.47 Å². The summed E-state index contributed by atoms with van der Waals surface area (Å²) in [5.41, 5.74) is 1.83. The smallest absolute Gasteiger partial charge is 0.406 e. The third kappa shape index (κ3) is 3.18. The lowest BCUT2D eigenvalue weighted by Gasteiger charge is -2.09. The van der Waals surface area contributed by atoms with Crippen molar-refractivity contribution < 1.29 is 17.9 Å². The van der Waals surface area contributed by atoms with Gasteiger partial charge in [0, 0.05) is 22.4 Å². The average Bonchev–Trinajstić information content (AvgIpc) is 2.80. The second-order valence-electron chi connectivity index (χ2n) is 4.31. The maximum absolute atomic E-state index is 12.2. The zero-order valence-electron chi connectivity index (χ0n) is 10.4. The Bertz CT molecular complexity index is 798. The number of alkyl halides is 3. The van der Waals surface area contributed by atoms with E-state index >= 15 is 0 Å². The van der Waals surface area contributed by atoms with Crippen LogP contribution in [0.3, 0.4) is 0 Å². The predicted octanol–water partition coefficient (Wildman–Crippen LogP) is 4.66. The first-order chi connectivity index (χ1) is 9.90. The van der Waals surface area contributed by atoms with Crippen LogP contribution >= 0.6 is 15.9 Å². The largest absolute Gasteiger partial charge is 0.573 e. The molecule has 0 amide bonds. The van der Waals surface area contributed by atoms with E-state index in [2.05, 4.69) is 25.7 Å². The van der Waals surface area contributed by atoms with Crippen molar-refractivity contribution in [2.24, 2.45) is 0 Å². The molecule has 0 atom stereocenters. The fourth-order valence-corrected chi connectivity index (χ4v) is 2.31. The average molecular weight is 357 g/mol. The maximum atomic E-state index is 12.2. The Labute approximate surface area is 126 Å². The van der Waals surface area contributed by atoms with Crippen LogP contribution in [0.5, 0.6) is 5.75 Å². The Morgan fingerprint density at radius 3 is 2.67 bits per heavy atom. The molecule has 0 spiro atoms. The summed E-state index contributed by atoms with van der Waals surface area (Å²) < 4.78 is 43.3. The van der Waals surface area contributed by atoms with E-state index in [1.807, 2.05) is 18.3 Å². The number of nitrogens with zero attached hydrogens (tertiary/aromatic N) is 2. The maximum Gasteiger partial charge on any atom is 0.573 e. The fourth-order valence-electron chi connectivity index (χ4n) is 1.96. The van der Waals surface area contributed by atoms with Crippen LogP contribution < -0.4 is 4.74 Å². The first kappa shape index (κ1) is 13.9. The van der Waals surface area contributed by atoms with Gasteiger partial charge >= 0.3 is 6.36 Å². The number of hydrogen-bond donors (Lipinski definition) is 0. The molecule has 3 aromatic rings. The van der Waals surface area contributed by atoms with E-state index < -0.39 is 6.36 Å². The minimum atomic E-state index is -4.71. The van der Waals surface area contributed by atoms with Gasteiger partial charge in [0.25, 0.3) is 0 Å². The van der Waals surface area contributed by atoms with Crippen molar-refractivity contribution in [2.75, 3.05) is 0 Å². The summed E-state index contributed by atoms with van der Waals surface area (Å²) in [7, 11) is 0. The number of halogens is 4. The second-order valence-corrected chi connectivity index (χ2v) is 5.23. The first-order valence-corrected chi connectivity index (χ1v) is 6.70. The van der Waals surface area contributed by atoms with Gasteiger partial charge in [0.2, 0.25) is 0 Å². The summed E-state index contributed by atoms with van der Waals surface area (Å²) in [4.78, 5) is 4.37. The van der Waals surface area contributed by atoms with Crippen LogP contribution in [-0.2, 0) is 0 Å².